The smallest absolute Gasteiger partial charge is 0.264 e. The Labute approximate surface area is 264 Å². The molecule has 0 spiro atoms. The first kappa shape index (κ1) is 32.6. The molecule has 4 rings (SSSR count). The molecular weight excluding hydrogens is 598 g/mol. The minimum atomic E-state index is -4.28. The fourth-order valence-electron chi connectivity index (χ4n) is 4.79. The van der Waals surface area contributed by atoms with Crippen LogP contribution in [0.2, 0.25) is 5.02 Å². The predicted molar refractivity (Wildman–Crippen MR) is 173 cm³/mol. The predicted octanol–water partition coefficient (Wildman–Crippen LogP) is 5.71. The molecule has 0 saturated carbocycles. The van der Waals surface area contributed by atoms with Crippen LogP contribution >= 0.6 is 11.6 Å². The Morgan fingerprint density at radius 3 is 2.05 bits per heavy atom. The Hall–Kier alpha value is -4.34. The zero-order valence-corrected chi connectivity index (χ0v) is 26.3. The lowest BCUT2D eigenvalue weighted by molar-refractivity contribution is -0.140. The molecular formula is C34H36ClN3O5S. The molecule has 4 aromatic rings. The standard InChI is InChI=1S/C34H36ClN3O5S/c1-3-21-36-34(40)31(22-26-13-7-4-8-14-26)37(24-27-15-9-5-10-16-27)33(39)25-38(30-23-28(35)19-20-32(30)43-2)44(41,42)29-17-11-6-12-18-29/h4-20,23,31H,3,21-22,24-25H2,1-2H3,(H,36,40)/t31-/m1/s1. The third-order valence-corrected chi connectivity index (χ3v) is 9.04. The van der Waals surface area contributed by atoms with Crippen molar-refractivity contribution in [3.05, 3.63) is 125 Å². The van der Waals surface area contributed by atoms with Gasteiger partial charge in [-0.25, -0.2) is 8.42 Å². The SMILES string of the molecule is CCCNC(=O)[C@@H](Cc1ccccc1)N(Cc1ccccc1)C(=O)CN(c1cc(Cl)ccc1OC)S(=O)(=O)c1ccccc1. The van der Waals surface area contributed by atoms with E-state index >= 15 is 0 Å². The molecule has 1 N–H and O–H groups in total. The summed E-state index contributed by atoms with van der Waals surface area (Å²) < 4.78 is 34.8. The van der Waals surface area contributed by atoms with Crippen molar-refractivity contribution in [2.24, 2.45) is 0 Å². The van der Waals surface area contributed by atoms with Gasteiger partial charge in [-0.15, -0.1) is 0 Å². The summed E-state index contributed by atoms with van der Waals surface area (Å²) in [5.41, 5.74) is 1.76. The number of nitrogens with zero attached hydrogens (tertiary/aromatic N) is 2. The normalized spacial score (nSPS) is 11.8. The number of carbonyl (C=O) groups excluding carboxylic acids is 2. The third-order valence-electron chi connectivity index (χ3n) is 7.04. The van der Waals surface area contributed by atoms with Gasteiger partial charge in [0.2, 0.25) is 11.8 Å². The van der Waals surface area contributed by atoms with Crippen molar-refractivity contribution in [1.82, 2.24) is 10.2 Å². The number of hydrogen-bond acceptors (Lipinski definition) is 5. The molecule has 0 aliphatic heterocycles. The monoisotopic (exact) mass is 633 g/mol. The number of rotatable bonds is 14. The largest absolute Gasteiger partial charge is 0.495 e. The first-order valence-corrected chi connectivity index (χ1v) is 16.1. The molecule has 0 aromatic heterocycles. The average Bonchev–Trinajstić information content (AvgIpc) is 3.05. The van der Waals surface area contributed by atoms with Crippen LogP contribution in [-0.2, 0) is 32.6 Å². The maximum Gasteiger partial charge on any atom is 0.264 e. The summed E-state index contributed by atoms with van der Waals surface area (Å²) in [5.74, 6) is -0.668. The lowest BCUT2D eigenvalue weighted by atomic mass is 10.0. The average molecular weight is 634 g/mol. The van der Waals surface area contributed by atoms with Crippen LogP contribution in [-0.4, -0.2) is 51.4 Å². The van der Waals surface area contributed by atoms with Crippen LogP contribution in [0.1, 0.15) is 24.5 Å². The van der Waals surface area contributed by atoms with E-state index < -0.39 is 28.5 Å². The summed E-state index contributed by atoms with van der Waals surface area (Å²) in [6, 6.07) is 30.2. The summed E-state index contributed by atoms with van der Waals surface area (Å²) in [5, 5.41) is 3.21. The summed E-state index contributed by atoms with van der Waals surface area (Å²) in [4.78, 5) is 29.6. The van der Waals surface area contributed by atoms with E-state index in [0.29, 0.717) is 13.0 Å². The first-order valence-electron chi connectivity index (χ1n) is 14.3. The van der Waals surface area contributed by atoms with E-state index in [2.05, 4.69) is 5.32 Å². The van der Waals surface area contributed by atoms with E-state index in [1.807, 2.05) is 67.6 Å². The molecule has 0 heterocycles. The molecule has 0 bridgehead atoms. The third kappa shape index (κ3) is 8.18. The summed E-state index contributed by atoms with van der Waals surface area (Å²) >= 11 is 6.33. The van der Waals surface area contributed by atoms with Gasteiger partial charge < -0.3 is 15.0 Å². The van der Waals surface area contributed by atoms with Crippen molar-refractivity contribution in [2.45, 2.75) is 37.2 Å². The Kier molecular flexibility index (Phi) is 11.4. The maximum absolute atomic E-state index is 14.5. The van der Waals surface area contributed by atoms with Gasteiger partial charge in [0.05, 0.1) is 17.7 Å². The highest BCUT2D eigenvalue weighted by Crippen LogP contribution is 2.35. The highest BCUT2D eigenvalue weighted by Gasteiger charge is 2.35. The van der Waals surface area contributed by atoms with Crippen molar-refractivity contribution in [1.29, 1.82) is 0 Å². The second-order valence-corrected chi connectivity index (χ2v) is 12.4. The van der Waals surface area contributed by atoms with E-state index in [-0.39, 0.29) is 40.2 Å². The van der Waals surface area contributed by atoms with Crippen molar-refractivity contribution < 1.29 is 22.7 Å². The van der Waals surface area contributed by atoms with Gasteiger partial charge in [-0.2, -0.15) is 0 Å². The molecule has 0 saturated heterocycles. The van der Waals surface area contributed by atoms with E-state index in [9.17, 15) is 18.0 Å². The zero-order valence-electron chi connectivity index (χ0n) is 24.7. The Morgan fingerprint density at radius 2 is 1.45 bits per heavy atom. The second kappa shape index (κ2) is 15.4. The Morgan fingerprint density at radius 1 is 0.864 bits per heavy atom. The van der Waals surface area contributed by atoms with Gasteiger partial charge in [0.1, 0.15) is 18.3 Å². The van der Waals surface area contributed by atoms with Gasteiger partial charge >= 0.3 is 0 Å². The molecule has 0 fully saturated rings. The molecule has 0 aliphatic rings. The lowest BCUT2D eigenvalue weighted by Crippen LogP contribution is -2.53. The molecule has 1 atom stereocenters. The number of hydrogen-bond donors (Lipinski definition) is 1. The van der Waals surface area contributed by atoms with Crippen LogP contribution in [0.25, 0.3) is 0 Å². The number of amides is 2. The van der Waals surface area contributed by atoms with Gasteiger partial charge in [0.25, 0.3) is 10.0 Å². The van der Waals surface area contributed by atoms with Crippen LogP contribution in [0.4, 0.5) is 5.69 Å². The van der Waals surface area contributed by atoms with Crippen LogP contribution in [0.3, 0.4) is 0 Å². The summed E-state index contributed by atoms with van der Waals surface area (Å²) in [6.45, 7) is 1.87. The number of sulfonamides is 1. The molecule has 0 unspecified atom stereocenters. The maximum atomic E-state index is 14.5. The first-order chi connectivity index (χ1) is 21.2. The quantitative estimate of drug-likeness (QED) is 0.192. The Balaban J connectivity index is 1.82. The molecule has 0 radical (unpaired) electrons. The minimum Gasteiger partial charge on any atom is -0.495 e. The van der Waals surface area contributed by atoms with Gasteiger partial charge in [-0.3, -0.25) is 13.9 Å². The second-order valence-electron chi connectivity index (χ2n) is 10.1. The molecule has 4 aromatic carbocycles. The van der Waals surface area contributed by atoms with Gasteiger partial charge in [-0.1, -0.05) is 97.4 Å². The van der Waals surface area contributed by atoms with Gasteiger partial charge in [0.15, 0.2) is 0 Å². The Bertz CT molecular complexity index is 1640. The van der Waals surface area contributed by atoms with Gasteiger partial charge in [0, 0.05) is 24.5 Å². The summed E-state index contributed by atoms with van der Waals surface area (Å²) in [7, 11) is -2.86. The number of anilines is 1. The number of benzene rings is 4. The molecule has 8 nitrogen and oxygen atoms in total. The van der Waals surface area contributed by atoms with Gasteiger partial charge in [-0.05, 0) is 47.9 Å². The minimum absolute atomic E-state index is 0.00837. The number of carbonyl (C=O) groups is 2. The number of halogens is 1. The molecule has 44 heavy (non-hydrogen) atoms. The molecule has 2 amide bonds. The van der Waals surface area contributed by atoms with E-state index in [1.54, 1.807) is 30.3 Å². The van der Waals surface area contributed by atoms with Crippen LogP contribution < -0.4 is 14.4 Å². The highest BCUT2D eigenvalue weighted by atomic mass is 35.5. The molecule has 230 valence electrons. The molecule has 10 heteroatoms. The van der Waals surface area contributed by atoms with Crippen LogP contribution in [0.5, 0.6) is 5.75 Å². The van der Waals surface area contributed by atoms with Crippen LogP contribution in [0.15, 0.2) is 114 Å². The van der Waals surface area contributed by atoms with Crippen molar-refractivity contribution in [2.75, 3.05) is 24.5 Å². The van der Waals surface area contributed by atoms with E-state index in [1.165, 1.54) is 30.2 Å². The van der Waals surface area contributed by atoms with Crippen molar-refractivity contribution in [3.8, 4) is 5.75 Å². The number of nitrogens with one attached hydrogen (secondary N) is 1. The fraction of sp³-hybridized carbons (Fsp3) is 0.235. The van der Waals surface area contributed by atoms with Crippen LogP contribution in [0, 0.1) is 0 Å². The highest BCUT2D eigenvalue weighted by molar-refractivity contribution is 7.92. The van der Waals surface area contributed by atoms with Crippen molar-refractivity contribution >= 4 is 39.1 Å². The van der Waals surface area contributed by atoms with E-state index in [0.717, 1.165) is 15.4 Å². The number of methoxy groups -OCH3 is 1. The van der Waals surface area contributed by atoms with E-state index in [4.69, 9.17) is 16.3 Å². The lowest BCUT2D eigenvalue weighted by Gasteiger charge is -2.34. The summed E-state index contributed by atoms with van der Waals surface area (Å²) in [6.07, 6.45) is 0.953. The molecule has 0 aliphatic carbocycles. The van der Waals surface area contributed by atoms with Crippen molar-refractivity contribution in [3.63, 3.8) is 0 Å². The topological polar surface area (TPSA) is 96.0 Å². The number of ether oxygens (including phenoxy) is 1. The zero-order chi connectivity index (χ0) is 31.5. The fourth-order valence-corrected chi connectivity index (χ4v) is 6.40.